The lowest BCUT2D eigenvalue weighted by Gasteiger charge is -2.37. The number of H-pyrrole nitrogens is 1. The Morgan fingerprint density at radius 3 is 3.12 bits per heavy atom. The first-order valence-electron chi connectivity index (χ1n) is 8.50. The number of aromatic amines is 1. The van der Waals surface area contributed by atoms with Crippen molar-refractivity contribution in [3.63, 3.8) is 0 Å². The molecule has 2 saturated heterocycles. The molecule has 2 aliphatic rings. The van der Waals surface area contributed by atoms with E-state index in [-0.39, 0.29) is 18.3 Å². The molecule has 0 aliphatic carbocycles. The van der Waals surface area contributed by atoms with Crippen LogP contribution in [0, 0.1) is 10.1 Å². The van der Waals surface area contributed by atoms with Gasteiger partial charge in [0.15, 0.2) is 0 Å². The topological polar surface area (TPSA) is 107 Å². The molecule has 1 atom stereocenters. The van der Waals surface area contributed by atoms with E-state index >= 15 is 0 Å². The number of piperazine rings is 1. The molecule has 3 heterocycles. The van der Waals surface area contributed by atoms with Crippen molar-refractivity contribution >= 4 is 22.8 Å². The van der Waals surface area contributed by atoms with Crippen molar-refractivity contribution < 1.29 is 9.72 Å². The van der Waals surface area contributed by atoms with Gasteiger partial charge in [-0.05, 0) is 25.5 Å². The Kier molecular flexibility index (Phi) is 4.00. The highest BCUT2D eigenvalue weighted by Crippen LogP contribution is 2.22. The number of nitrogens with one attached hydrogen (secondary N) is 2. The molecular weight excluding hydrogens is 324 g/mol. The zero-order chi connectivity index (χ0) is 17.4. The van der Waals surface area contributed by atoms with Crippen molar-refractivity contribution in [1.29, 1.82) is 0 Å². The maximum absolute atomic E-state index is 12.4. The number of carbonyl (C=O) groups excluding carboxylic acids is 1. The summed E-state index contributed by atoms with van der Waals surface area (Å²) in [4.78, 5) is 34.5. The molecule has 25 heavy (non-hydrogen) atoms. The maximum atomic E-state index is 12.4. The third kappa shape index (κ3) is 3.14. The first kappa shape index (κ1) is 15.8. The van der Waals surface area contributed by atoms with Crippen LogP contribution in [0.15, 0.2) is 18.2 Å². The minimum atomic E-state index is -0.440. The first-order chi connectivity index (χ1) is 12.1. The summed E-state index contributed by atoms with van der Waals surface area (Å²) in [6, 6.07) is 4.89. The monoisotopic (exact) mass is 344 g/mol. The van der Waals surface area contributed by atoms with E-state index in [0.29, 0.717) is 22.9 Å². The number of nitro benzene ring substituents is 1. The number of amides is 2. The number of urea groups is 1. The molecule has 0 spiro atoms. The zero-order valence-electron chi connectivity index (χ0n) is 13.8. The summed E-state index contributed by atoms with van der Waals surface area (Å²) in [5.74, 6) is 0.586. The smallest absolute Gasteiger partial charge is 0.317 e. The van der Waals surface area contributed by atoms with Crippen LogP contribution in [0.25, 0.3) is 11.0 Å². The summed E-state index contributed by atoms with van der Waals surface area (Å²) >= 11 is 0. The molecule has 2 aliphatic heterocycles. The van der Waals surface area contributed by atoms with Crippen LogP contribution in [0.3, 0.4) is 0 Å². The highest BCUT2D eigenvalue weighted by Gasteiger charge is 2.32. The van der Waals surface area contributed by atoms with Crippen LogP contribution in [0.2, 0.25) is 0 Å². The molecule has 0 bridgehead atoms. The molecular formula is C16H20N6O3. The van der Waals surface area contributed by atoms with Gasteiger partial charge in [0.2, 0.25) is 0 Å². The molecule has 9 heteroatoms. The molecule has 4 rings (SSSR count). The van der Waals surface area contributed by atoms with Gasteiger partial charge in [0.05, 0.1) is 22.5 Å². The number of nitro groups is 1. The van der Waals surface area contributed by atoms with E-state index in [9.17, 15) is 14.9 Å². The molecule has 132 valence electrons. The molecule has 2 N–H and O–H groups in total. The summed E-state index contributed by atoms with van der Waals surface area (Å²) in [6.45, 7) is 3.87. The van der Waals surface area contributed by atoms with Crippen LogP contribution >= 0.6 is 0 Å². The Labute approximate surface area is 144 Å². The highest BCUT2D eigenvalue weighted by atomic mass is 16.6. The van der Waals surface area contributed by atoms with Crippen LogP contribution in [0.1, 0.15) is 18.7 Å². The largest absolute Gasteiger partial charge is 0.340 e. The fourth-order valence-corrected chi connectivity index (χ4v) is 3.69. The normalized spacial score (nSPS) is 20.6. The average molecular weight is 344 g/mol. The predicted molar refractivity (Wildman–Crippen MR) is 91.2 cm³/mol. The van der Waals surface area contributed by atoms with E-state index in [2.05, 4.69) is 20.2 Å². The van der Waals surface area contributed by atoms with Gasteiger partial charge < -0.3 is 15.2 Å². The van der Waals surface area contributed by atoms with Crippen molar-refractivity contribution in [1.82, 2.24) is 25.1 Å². The minimum absolute atomic E-state index is 0.0150. The van der Waals surface area contributed by atoms with Crippen molar-refractivity contribution in [3.8, 4) is 0 Å². The van der Waals surface area contributed by atoms with E-state index in [1.165, 1.54) is 18.6 Å². The number of non-ortho nitro benzene ring substituents is 1. The number of hydrogen-bond donors (Lipinski definition) is 2. The number of benzene rings is 1. The third-order valence-electron chi connectivity index (χ3n) is 5.01. The fraction of sp³-hybridized carbons (Fsp3) is 0.500. The van der Waals surface area contributed by atoms with Gasteiger partial charge in [-0.25, -0.2) is 9.78 Å². The molecule has 0 saturated carbocycles. The highest BCUT2D eigenvalue weighted by molar-refractivity contribution is 5.78. The standard InChI is InChI=1S/C16H20N6O3/c23-16(21-7-6-20-5-1-2-12(20)10-21)17-9-15-18-13-4-3-11(22(24)25)8-14(13)19-15/h3-4,8,12H,1-2,5-7,9-10H2,(H,17,23)(H,18,19). The van der Waals surface area contributed by atoms with Crippen molar-refractivity contribution in [3.05, 3.63) is 34.1 Å². The van der Waals surface area contributed by atoms with Crippen LogP contribution in [0.4, 0.5) is 10.5 Å². The van der Waals surface area contributed by atoms with Crippen LogP contribution in [-0.4, -0.2) is 62.9 Å². The summed E-state index contributed by atoms with van der Waals surface area (Å²) in [5.41, 5.74) is 1.26. The molecule has 9 nitrogen and oxygen atoms in total. The van der Waals surface area contributed by atoms with Gasteiger partial charge in [-0.3, -0.25) is 15.0 Å². The van der Waals surface area contributed by atoms with Crippen LogP contribution in [0.5, 0.6) is 0 Å². The SMILES string of the molecule is O=C(NCc1nc2ccc([N+](=O)[O-])cc2[nH]1)N1CCN2CCCC2C1. The van der Waals surface area contributed by atoms with Gasteiger partial charge in [-0.15, -0.1) is 0 Å². The van der Waals surface area contributed by atoms with E-state index in [0.717, 1.165) is 32.6 Å². The van der Waals surface area contributed by atoms with Gasteiger partial charge in [0, 0.05) is 37.8 Å². The second-order valence-electron chi connectivity index (χ2n) is 6.58. The van der Waals surface area contributed by atoms with Crippen molar-refractivity contribution in [2.75, 3.05) is 26.2 Å². The average Bonchev–Trinajstić information content (AvgIpc) is 3.24. The fourth-order valence-electron chi connectivity index (χ4n) is 3.69. The molecule has 0 radical (unpaired) electrons. The predicted octanol–water partition coefficient (Wildman–Crippen LogP) is 1.46. The molecule has 1 unspecified atom stereocenters. The van der Waals surface area contributed by atoms with Gasteiger partial charge in [0.25, 0.3) is 5.69 Å². The Morgan fingerprint density at radius 1 is 1.40 bits per heavy atom. The van der Waals surface area contributed by atoms with Gasteiger partial charge >= 0.3 is 6.03 Å². The van der Waals surface area contributed by atoms with Gasteiger partial charge in [0.1, 0.15) is 5.82 Å². The Hall–Kier alpha value is -2.68. The number of fused-ring (bicyclic) bond motifs is 2. The van der Waals surface area contributed by atoms with E-state index < -0.39 is 4.92 Å². The summed E-state index contributed by atoms with van der Waals surface area (Å²) in [7, 11) is 0. The summed E-state index contributed by atoms with van der Waals surface area (Å²) in [5, 5.41) is 13.7. The molecule has 1 aromatic carbocycles. The number of carbonyl (C=O) groups is 1. The Bertz CT molecular complexity index is 819. The van der Waals surface area contributed by atoms with Gasteiger partial charge in [-0.2, -0.15) is 0 Å². The Morgan fingerprint density at radius 2 is 2.28 bits per heavy atom. The van der Waals surface area contributed by atoms with E-state index in [4.69, 9.17) is 0 Å². The lowest BCUT2D eigenvalue weighted by atomic mass is 10.2. The first-order valence-corrected chi connectivity index (χ1v) is 8.50. The molecule has 2 aromatic rings. The zero-order valence-corrected chi connectivity index (χ0v) is 13.8. The lowest BCUT2D eigenvalue weighted by Crippen LogP contribution is -2.54. The third-order valence-corrected chi connectivity index (χ3v) is 5.01. The quantitative estimate of drug-likeness (QED) is 0.647. The number of nitrogens with zero attached hydrogens (tertiary/aromatic N) is 4. The summed E-state index contributed by atoms with van der Waals surface area (Å²) < 4.78 is 0. The number of rotatable bonds is 3. The molecule has 2 amide bonds. The van der Waals surface area contributed by atoms with Crippen LogP contribution in [-0.2, 0) is 6.54 Å². The Balaban J connectivity index is 1.38. The lowest BCUT2D eigenvalue weighted by molar-refractivity contribution is -0.384. The van der Waals surface area contributed by atoms with E-state index in [1.807, 2.05) is 4.90 Å². The van der Waals surface area contributed by atoms with Crippen LogP contribution < -0.4 is 5.32 Å². The van der Waals surface area contributed by atoms with Crippen molar-refractivity contribution in [2.45, 2.75) is 25.4 Å². The summed E-state index contributed by atoms with van der Waals surface area (Å²) in [6.07, 6.45) is 2.37. The second kappa shape index (κ2) is 6.32. The minimum Gasteiger partial charge on any atom is -0.340 e. The second-order valence-corrected chi connectivity index (χ2v) is 6.58. The van der Waals surface area contributed by atoms with E-state index in [1.54, 1.807) is 6.07 Å². The maximum Gasteiger partial charge on any atom is 0.317 e. The number of hydrogen-bond acceptors (Lipinski definition) is 5. The van der Waals surface area contributed by atoms with Crippen molar-refractivity contribution in [2.24, 2.45) is 0 Å². The van der Waals surface area contributed by atoms with Gasteiger partial charge in [-0.1, -0.05) is 0 Å². The number of aromatic nitrogens is 2. The molecule has 2 fully saturated rings. The molecule has 1 aromatic heterocycles. The number of imidazole rings is 1.